The van der Waals surface area contributed by atoms with Gasteiger partial charge in [0.15, 0.2) is 5.69 Å². The molecule has 0 fully saturated rings. The highest BCUT2D eigenvalue weighted by Crippen LogP contribution is 2.14. The predicted molar refractivity (Wildman–Crippen MR) is 98.5 cm³/mol. The fourth-order valence-electron chi connectivity index (χ4n) is 2.32. The largest absolute Gasteiger partial charge is 0.326 e. The van der Waals surface area contributed by atoms with Gasteiger partial charge in [-0.25, -0.2) is 4.68 Å². The zero-order valence-corrected chi connectivity index (χ0v) is 14.0. The number of para-hydroxylation sites is 1. The minimum absolute atomic E-state index is 0.184. The van der Waals surface area contributed by atoms with Crippen LogP contribution >= 0.6 is 0 Å². The SMILES string of the molecule is CC(=O)Nc1ccc(NC(=O)c2nn(-c3ccccc3)ccc2=O)cc1. The molecule has 0 saturated carbocycles. The molecular formula is C19H16N4O3. The zero-order valence-electron chi connectivity index (χ0n) is 14.0. The first-order valence-corrected chi connectivity index (χ1v) is 7.87. The summed E-state index contributed by atoms with van der Waals surface area (Å²) in [5, 5.41) is 9.40. The summed E-state index contributed by atoms with van der Waals surface area (Å²) in [5.74, 6) is -0.788. The Morgan fingerprint density at radius 1 is 0.885 bits per heavy atom. The second-order valence-corrected chi connectivity index (χ2v) is 5.52. The number of anilines is 2. The second-order valence-electron chi connectivity index (χ2n) is 5.52. The number of aromatic nitrogens is 2. The van der Waals surface area contributed by atoms with Crippen LogP contribution in [0.25, 0.3) is 5.69 Å². The van der Waals surface area contributed by atoms with Crippen molar-refractivity contribution in [1.29, 1.82) is 0 Å². The van der Waals surface area contributed by atoms with Gasteiger partial charge in [-0.2, -0.15) is 5.10 Å². The molecule has 0 radical (unpaired) electrons. The van der Waals surface area contributed by atoms with Crippen LogP contribution in [-0.2, 0) is 4.79 Å². The fourth-order valence-corrected chi connectivity index (χ4v) is 2.32. The van der Waals surface area contributed by atoms with Crippen molar-refractivity contribution in [3.05, 3.63) is 82.8 Å². The maximum Gasteiger partial charge on any atom is 0.280 e. The summed E-state index contributed by atoms with van der Waals surface area (Å²) in [6.07, 6.45) is 1.51. The molecule has 0 bridgehead atoms. The van der Waals surface area contributed by atoms with E-state index in [1.165, 1.54) is 23.9 Å². The van der Waals surface area contributed by atoms with Crippen molar-refractivity contribution in [2.45, 2.75) is 6.92 Å². The van der Waals surface area contributed by atoms with E-state index < -0.39 is 11.3 Å². The van der Waals surface area contributed by atoms with Crippen molar-refractivity contribution in [2.75, 3.05) is 10.6 Å². The molecule has 7 nitrogen and oxygen atoms in total. The molecule has 1 heterocycles. The van der Waals surface area contributed by atoms with Crippen LogP contribution in [0.1, 0.15) is 17.4 Å². The van der Waals surface area contributed by atoms with Gasteiger partial charge in [0.2, 0.25) is 11.3 Å². The molecule has 0 spiro atoms. The van der Waals surface area contributed by atoms with E-state index in [1.807, 2.05) is 30.3 Å². The fraction of sp³-hybridized carbons (Fsp3) is 0.0526. The number of hydrogen-bond donors (Lipinski definition) is 2. The van der Waals surface area contributed by atoms with Crippen LogP contribution in [0.3, 0.4) is 0 Å². The summed E-state index contributed by atoms with van der Waals surface area (Å²) in [6.45, 7) is 1.41. The van der Waals surface area contributed by atoms with Crippen LogP contribution in [0.15, 0.2) is 71.7 Å². The summed E-state index contributed by atoms with van der Waals surface area (Å²) in [6, 6.07) is 17.0. The minimum Gasteiger partial charge on any atom is -0.326 e. The van der Waals surface area contributed by atoms with Crippen LogP contribution in [0.4, 0.5) is 11.4 Å². The second kappa shape index (κ2) is 7.43. The first-order valence-electron chi connectivity index (χ1n) is 7.87. The number of hydrogen-bond acceptors (Lipinski definition) is 4. The summed E-state index contributed by atoms with van der Waals surface area (Å²) in [5.41, 5.74) is 1.16. The van der Waals surface area contributed by atoms with Crippen LogP contribution in [-0.4, -0.2) is 21.6 Å². The lowest BCUT2D eigenvalue weighted by molar-refractivity contribution is -0.114. The number of carbonyl (C=O) groups excluding carboxylic acids is 2. The van der Waals surface area contributed by atoms with E-state index in [0.717, 1.165) is 5.69 Å². The summed E-state index contributed by atoms with van der Waals surface area (Å²) >= 11 is 0. The molecule has 0 unspecified atom stereocenters. The average Bonchev–Trinajstić information content (AvgIpc) is 2.64. The molecular weight excluding hydrogens is 332 g/mol. The molecule has 0 aliphatic carbocycles. The van der Waals surface area contributed by atoms with Gasteiger partial charge in [0, 0.05) is 30.6 Å². The van der Waals surface area contributed by atoms with E-state index in [-0.39, 0.29) is 11.6 Å². The summed E-state index contributed by atoms with van der Waals surface area (Å²) in [7, 11) is 0. The van der Waals surface area contributed by atoms with E-state index in [0.29, 0.717) is 11.4 Å². The minimum atomic E-state index is -0.604. The average molecular weight is 348 g/mol. The van der Waals surface area contributed by atoms with Crippen molar-refractivity contribution in [3.63, 3.8) is 0 Å². The lowest BCUT2D eigenvalue weighted by Gasteiger charge is -2.08. The van der Waals surface area contributed by atoms with Gasteiger partial charge < -0.3 is 10.6 Å². The molecule has 0 saturated heterocycles. The Balaban J connectivity index is 1.81. The number of rotatable bonds is 4. The maximum absolute atomic E-state index is 12.4. The molecule has 0 aliphatic rings. The van der Waals surface area contributed by atoms with E-state index in [1.54, 1.807) is 24.3 Å². The van der Waals surface area contributed by atoms with Crippen LogP contribution in [0, 0.1) is 0 Å². The lowest BCUT2D eigenvalue weighted by atomic mass is 10.2. The molecule has 2 aromatic carbocycles. The quantitative estimate of drug-likeness (QED) is 0.757. The molecule has 26 heavy (non-hydrogen) atoms. The Labute approximate surface area is 149 Å². The monoisotopic (exact) mass is 348 g/mol. The molecule has 0 aliphatic heterocycles. The van der Waals surface area contributed by atoms with Crippen molar-refractivity contribution >= 4 is 23.2 Å². The molecule has 2 N–H and O–H groups in total. The zero-order chi connectivity index (χ0) is 18.5. The van der Waals surface area contributed by atoms with Gasteiger partial charge in [-0.15, -0.1) is 0 Å². The highest BCUT2D eigenvalue weighted by atomic mass is 16.2. The first kappa shape index (κ1) is 17.1. The number of amides is 2. The molecule has 1 aromatic heterocycles. The van der Waals surface area contributed by atoms with Gasteiger partial charge >= 0.3 is 0 Å². The van der Waals surface area contributed by atoms with E-state index in [4.69, 9.17) is 0 Å². The van der Waals surface area contributed by atoms with Crippen molar-refractivity contribution in [1.82, 2.24) is 9.78 Å². The Morgan fingerprint density at radius 3 is 2.12 bits per heavy atom. The van der Waals surface area contributed by atoms with E-state index in [9.17, 15) is 14.4 Å². The van der Waals surface area contributed by atoms with Gasteiger partial charge in [0.25, 0.3) is 5.91 Å². The topological polar surface area (TPSA) is 93.1 Å². The van der Waals surface area contributed by atoms with E-state index in [2.05, 4.69) is 15.7 Å². The highest BCUT2D eigenvalue weighted by Gasteiger charge is 2.13. The third kappa shape index (κ3) is 4.02. The number of benzene rings is 2. The van der Waals surface area contributed by atoms with Gasteiger partial charge in [-0.05, 0) is 36.4 Å². The van der Waals surface area contributed by atoms with Crippen LogP contribution < -0.4 is 16.1 Å². The standard InChI is InChI=1S/C19H16N4O3/c1-13(24)20-14-7-9-15(10-8-14)21-19(26)18-17(25)11-12-23(22-18)16-5-3-2-4-6-16/h2-12H,1H3,(H,20,24)(H,21,26). The highest BCUT2D eigenvalue weighted by molar-refractivity contribution is 6.02. The van der Waals surface area contributed by atoms with Crippen LogP contribution in [0.5, 0.6) is 0 Å². The number of nitrogens with zero attached hydrogens (tertiary/aromatic N) is 2. The molecule has 130 valence electrons. The molecule has 0 atom stereocenters. The Bertz CT molecular complexity index is 995. The van der Waals surface area contributed by atoms with Gasteiger partial charge in [-0.3, -0.25) is 14.4 Å². The number of nitrogens with one attached hydrogen (secondary N) is 2. The molecule has 3 rings (SSSR count). The Hall–Kier alpha value is -3.74. The maximum atomic E-state index is 12.4. The number of carbonyl (C=O) groups is 2. The van der Waals surface area contributed by atoms with Crippen molar-refractivity contribution in [2.24, 2.45) is 0 Å². The third-order valence-corrected chi connectivity index (χ3v) is 3.51. The smallest absolute Gasteiger partial charge is 0.280 e. The molecule has 3 aromatic rings. The van der Waals surface area contributed by atoms with Crippen LogP contribution in [0.2, 0.25) is 0 Å². The van der Waals surface area contributed by atoms with Crippen molar-refractivity contribution < 1.29 is 9.59 Å². The molecule has 2 amide bonds. The predicted octanol–water partition coefficient (Wildman–Crippen LogP) is 2.44. The third-order valence-electron chi connectivity index (χ3n) is 3.51. The van der Waals surface area contributed by atoms with Gasteiger partial charge in [0.1, 0.15) is 0 Å². The Morgan fingerprint density at radius 2 is 1.50 bits per heavy atom. The summed E-state index contributed by atoms with van der Waals surface area (Å²) in [4.78, 5) is 35.5. The van der Waals surface area contributed by atoms with Gasteiger partial charge in [0.05, 0.1) is 5.69 Å². The van der Waals surface area contributed by atoms with Gasteiger partial charge in [-0.1, -0.05) is 18.2 Å². The lowest BCUT2D eigenvalue weighted by Crippen LogP contribution is -2.25. The van der Waals surface area contributed by atoms with E-state index >= 15 is 0 Å². The Kier molecular flexibility index (Phi) is 4.89. The first-order chi connectivity index (χ1) is 12.5. The summed E-state index contributed by atoms with van der Waals surface area (Å²) < 4.78 is 1.47. The van der Waals surface area contributed by atoms with Crippen molar-refractivity contribution in [3.8, 4) is 5.69 Å². The normalized spacial score (nSPS) is 10.2. The molecule has 7 heteroatoms.